The van der Waals surface area contributed by atoms with Gasteiger partial charge in [-0.2, -0.15) is 0 Å². The standard InChI is InChI=1S/C27H29FN4O2/c1-19-13-21(10-11-25(19)28)22-14-23(26(33)30-16-24-9-5-6-12-29-24)18-32(17-22)27(34)31-15-20-7-3-2-4-8-20/h2-13,22-23H,14-18H2,1H3,(H,30,33)(H,31,34)/t22-,23-/m0/s1. The zero-order chi connectivity index (χ0) is 23.9. The fourth-order valence-electron chi connectivity index (χ4n) is 4.33. The van der Waals surface area contributed by atoms with Gasteiger partial charge in [-0.15, -0.1) is 0 Å². The van der Waals surface area contributed by atoms with E-state index in [9.17, 15) is 14.0 Å². The van der Waals surface area contributed by atoms with E-state index in [1.807, 2.05) is 54.6 Å². The molecule has 1 fully saturated rings. The Morgan fingerprint density at radius 2 is 1.79 bits per heavy atom. The second-order valence-electron chi connectivity index (χ2n) is 8.73. The number of hydrogen-bond donors (Lipinski definition) is 2. The van der Waals surface area contributed by atoms with E-state index in [-0.39, 0.29) is 29.6 Å². The summed E-state index contributed by atoms with van der Waals surface area (Å²) in [5, 5.41) is 5.92. The van der Waals surface area contributed by atoms with Gasteiger partial charge in [-0.05, 0) is 48.2 Å². The Balaban J connectivity index is 1.47. The first kappa shape index (κ1) is 23.4. The minimum Gasteiger partial charge on any atom is -0.350 e. The number of nitrogens with one attached hydrogen (secondary N) is 2. The number of amides is 3. The van der Waals surface area contributed by atoms with Crippen molar-refractivity contribution in [1.29, 1.82) is 0 Å². The largest absolute Gasteiger partial charge is 0.350 e. The number of aryl methyl sites for hydroxylation is 1. The Bertz CT molecular complexity index is 1060. The molecule has 3 aromatic rings. The SMILES string of the molecule is Cc1cc([C@H]2C[C@H](C(=O)NCc3ccccn3)CN(C(=O)NCc3ccccc3)C2)ccc1F. The van der Waals surface area contributed by atoms with Crippen molar-refractivity contribution in [3.05, 3.63) is 101 Å². The molecule has 0 radical (unpaired) electrons. The third-order valence-electron chi connectivity index (χ3n) is 6.22. The average Bonchev–Trinajstić information content (AvgIpc) is 2.88. The van der Waals surface area contributed by atoms with Crippen LogP contribution in [0.2, 0.25) is 0 Å². The van der Waals surface area contributed by atoms with Crippen molar-refractivity contribution in [3.8, 4) is 0 Å². The van der Waals surface area contributed by atoms with Crippen molar-refractivity contribution in [2.45, 2.75) is 32.4 Å². The molecular weight excluding hydrogens is 431 g/mol. The van der Waals surface area contributed by atoms with Gasteiger partial charge in [0.1, 0.15) is 5.82 Å². The van der Waals surface area contributed by atoms with Crippen LogP contribution in [-0.4, -0.2) is 34.9 Å². The zero-order valence-corrected chi connectivity index (χ0v) is 19.2. The molecule has 1 saturated heterocycles. The molecule has 1 aliphatic rings. The number of likely N-dealkylation sites (tertiary alicyclic amines) is 1. The number of aromatic nitrogens is 1. The molecule has 3 amide bonds. The van der Waals surface area contributed by atoms with Gasteiger partial charge in [0.25, 0.3) is 0 Å². The smallest absolute Gasteiger partial charge is 0.317 e. The number of nitrogens with zero attached hydrogens (tertiary/aromatic N) is 2. The zero-order valence-electron chi connectivity index (χ0n) is 19.2. The van der Waals surface area contributed by atoms with Crippen LogP contribution in [0.4, 0.5) is 9.18 Å². The molecule has 1 aromatic heterocycles. The van der Waals surface area contributed by atoms with Crippen molar-refractivity contribution in [3.63, 3.8) is 0 Å². The predicted octanol–water partition coefficient (Wildman–Crippen LogP) is 4.16. The number of halogens is 1. The highest BCUT2D eigenvalue weighted by Crippen LogP contribution is 2.31. The van der Waals surface area contributed by atoms with Crippen molar-refractivity contribution in [1.82, 2.24) is 20.5 Å². The van der Waals surface area contributed by atoms with Crippen LogP contribution in [0.25, 0.3) is 0 Å². The lowest BCUT2D eigenvalue weighted by Crippen LogP contribution is -2.50. The molecule has 0 spiro atoms. The third kappa shape index (κ3) is 5.98. The Labute approximate surface area is 199 Å². The van der Waals surface area contributed by atoms with Gasteiger partial charge in [-0.1, -0.05) is 48.5 Å². The van der Waals surface area contributed by atoms with Crippen LogP contribution >= 0.6 is 0 Å². The lowest BCUT2D eigenvalue weighted by Gasteiger charge is -2.37. The van der Waals surface area contributed by atoms with E-state index in [4.69, 9.17) is 0 Å². The monoisotopic (exact) mass is 460 g/mol. The molecule has 4 rings (SSSR count). The molecule has 2 heterocycles. The maximum absolute atomic E-state index is 13.9. The molecule has 0 aliphatic carbocycles. The minimum absolute atomic E-state index is 0.0684. The van der Waals surface area contributed by atoms with Crippen molar-refractivity contribution in [2.24, 2.45) is 5.92 Å². The second kappa shape index (κ2) is 10.9. The molecule has 1 aliphatic heterocycles. The topological polar surface area (TPSA) is 74.3 Å². The first-order valence-electron chi connectivity index (χ1n) is 11.5. The fraction of sp³-hybridized carbons (Fsp3) is 0.296. The lowest BCUT2D eigenvalue weighted by atomic mass is 9.83. The summed E-state index contributed by atoms with van der Waals surface area (Å²) in [6, 6.07) is 20.1. The summed E-state index contributed by atoms with van der Waals surface area (Å²) in [5.74, 6) is -0.826. The fourth-order valence-corrected chi connectivity index (χ4v) is 4.33. The normalized spacial score (nSPS) is 17.8. The minimum atomic E-state index is -0.379. The summed E-state index contributed by atoms with van der Waals surface area (Å²) < 4.78 is 13.9. The molecular formula is C27H29FN4O2. The molecule has 34 heavy (non-hydrogen) atoms. The second-order valence-corrected chi connectivity index (χ2v) is 8.73. The van der Waals surface area contributed by atoms with Crippen molar-refractivity contribution in [2.75, 3.05) is 13.1 Å². The van der Waals surface area contributed by atoms with Crippen LogP contribution in [0.1, 0.15) is 34.7 Å². The molecule has 176 valence electrons. The summed E-state index contributed by atoms with van der Waals surface area (Å²) >= 11 is 0. The van der Waals surface area contributed by atoms with E-state index in [1.165, 1.54) is 6.07 Å². The number of piperidine rings is 1. The first-order chi connectivity index (χ1) is 16.5. The Morgan fingerprint density at radius 3 is 2.53 bits per heavy atom. The molecule has 2 atom stereocenters. The van der Waals surface area contributed by atoms with Gasteiger partial charge in [0.15, 0.2) is 0 Å². The van der Waals surface area contributed by atoms with Gasteiger partial charge >= 0.3 is 6.03 Å². The van der Waals surface area contributed by atoms with Gasteiger partial charge in [-0.3, -0.25) is 9.78 Å². The maximum atomic E-state index is 13.9. The molecule has 6 nitrogen and oxygen atoms in total. The number of hydrogen-bond acceptors (Lipinski definition) is 3. The van der Waals surface area contributed by atoms with E-state index in [2.05, 4.69) is 15.6 Å². The summed E-state index contributed by atoms with van der Waals surface area (Å²) in [6.45, 7) is 3.26. The number of benzene rings is 2. The highest BCUT2D eigenvalue weighted by molar-refractivity contribution is 5.81. The van der Waals surface area contributed by atoms with Gasteiger partial charge in [0.05, 0.1) is 18.2 Å². The summed E-state index contributed by atoms with van der Waals surface area (Å²) in [6.07, 6.45) is 2.27. The Kier molecular flexibility index (Phi) is 7.52. The van der Waals surface area contributed by atoms with E-state index >= 15 is 0 Å². The summed E-state index contributed by atoms with van der Waals surface area (Å²) in [5.41, 5.74) is 3.26. The molecule has 0 bridgehead atoms. The lowest BCUT2D eigenvalue weighted by molar-refractivity contribution is -0.126. The number of carbonyl (C=O) groups is 2. The van der Waals surface area contributed by atoms with Crippen LogP contribution in [0.15, 0.2) is 72.9 Å². The van der Waals surface area contributed by atoms with Gasteiger partial charge < -0.3 is 15.5 Å². The van der Waals surface area contributed by atoms with E-state index in [0.717, 1.165) is 16.8 Å². The Morgan fingerprint density at radius 1 is 1.00 bits per heavy atom. The number of urea groups is 1. The predicted molar refractivity (Wildman–Crippen MR) is 128 cm³/mol. The number of pyridine rings is 1. The van der Waals surface area contributed by atoms with Crippen LogP contribution in [0.3, 0.4) is 0 Å². The van der Waals surface area contributed by atoms with Gasteiger partial charge in [-0.25, -0.2) is 9.18 Å². The van der Waals surface area contributed by atoms with E-state index in [0.29, 0.717) is 38.2 Å². The van der Waals surface area contributed by atoms with Gasteiger partial charge in [0, 0.05) is 31.7 Å². The number of rotatable bonds is 6. The Hall–Kier alpha value is -3.74. The van der Waals surface area contributed by atoms with Crippen LogP contribution in [-0.2, 0) is 17.9 Å². The molecule has 0 saturated carbocycles. The van der Waals surface area contributed by atoms with Crippen LogP contribution in [0, 0.1) is 18.7 Å². The van der Waals surface area contributed by atoms with E-state index < -0.39 is 0 Å². The summed E-state index contributed by atoms with van der Waals surface area (Å²) in [7, 11) is 0. The molecule has 7 heteroatoms. The molecule has 2 aromatic carbocycles. The maximum Gasteiger partial charge on any atom is 0.317 e. The highest BCUT2D eigenvalue weighted by Gasteiger charge is 2.34. The highest BCUT2D eigenvalue weighted by atomic mass is 19.1. The van der Waals surface area contributed by atoms with Crippen LogP contribution < -0.4 is 10.6 Å². The van der Waals surface area contributed by atoms with E-state index in [1.54, 1.807) is 24.1 Å². The first-order valence-corrected chi connectivity index (χ1v) is 11.5. The van der Waals surface area contributed by atoms with Crippen molar-refractivity contribution >= 4 is 11.9 Å². The average molecular weight is 461 g/mol. The molecule has 2 N–H and O–H groups in total. The quantitative estimate of drug-likeness (QED) is 0.580. The van der Waals surface area contributed by atoms with Crippen LogP contribution in [0.5, 0.6) is 0 Å². The molecule has 0 unspecified atom stereocenters. The van der Waals surface area contributed by atoms with Crippen molar-refractivity contribution < 1.29 is 14.0 Å². The number of carbonyl (C=O) groups excluding carboxylic acids is 2. The summed E-state index contributed by atoms with van der Waals surface area (Å²) in [4.78, 5) is 32.0. The third-order valence-corrected chi connectivity index (χ3v) is 6.22. The van der Waals surface area contributed by atoms with Gasteiger partial charge in [0.2, 0.25) is 5.91 Å².